The van der Waals surface area contributed by atoms with Crippen LogP contribution < -0.4 is 0 Å². The minimum Gasteiger partial charge on any atom is -0.289 e. The molecule has 3 aromatic rings. The van der Waals surface area contributed by atoms with Gasteiger partial charge in [-0.05, 0) is 35.9 Å². The first-order valence-corrected chi connectivity index (χ1v) is 8.53. The lowest BCUT2D eigenvalue weighted by atomic mass is 10.1. The first-order chi connectivity index (χ1) is 12.1. The first-order valence-electron chi connectivity index (χ1n) is 7.72. The third kappa shape index (κ3) is 4.28. The largest absolute Gasteiger partial charge is 0.289 e. The van der Waals surface area contributed by atoms with E-state index >= 15 is 0 Å². The highest BCUT2D eigenvalue weighted by molar-refractivity contribution is 7.12. The standard InChI is InChI=1S/C20H15NO3S/c22-20(18-8-4-5-9-19(18)21(23)24)13-12-16-10-11-17(25-16)14-15-6-2-1-3-7-15/h1-13H,14H2/b13-12+. The second kappa shape index (κ2) is 7.68. The number of ketones is 1. The lowest BCUT2D eigenvalue weighted by Crippen LogP contribution is -2.00. The van der Waals surface area contributed by atoms with E-state index in [4.69, 9.17) is 0 Å². The zero-order valence-electron chi connectivity index (χ0n) is 13.3. The molecular weight excluding hydrogens is 334 g/mol. The van der Waals surface area contributed by atoms with Crippen LogP contribution in [0.5, 0.6) is 0 Å². The summed E-state index contributed by atoms with van der Waals surface area (Å²) in [6.45, 7) is 0. The van der Waals surface area contributed by atoms with Crippen molar-refractivity contribution in [1.82, 2.24) is 0 Å². The number of hydrogen-bond acceptors (Lipinski definition) is 4. The van der Waals surface area contributed by atoms with E-state index < -0.39 is 4.92 Å². The molecule has 2 aromatic carbocycles. The summed E-state index contributed by atoms with van der Waals surface area (Å²) in [6, 6.07) is 20.1. The van der Waals surface area contributed by atoms with Gasteiger partial charge in [-0.15, -0.1) is 11.3 Å². The summed E-state index contributed by atoms with van der Waals surface area (Å²) in [5.74, 6) is -0.370. The number of para-hydroxylation sites is 1. The number of rotatable bonds is 6. The Hall–Kier alpha value is -3.05. The zero-order chi connectivity index (χ0) is 17.6. The van der Waals surface area contributed by atoms with Crippen molar-refractivity contribution in [2.45, 2.75) is 6.42 Å². The molecule has 5 heteroatoms. The monoisotopic (exact) mass is 349 g/mol. The molecule has 0 fully saturated rings. The van der Waals surface area contributed by atoms with E-state index in [9.17, 15) is 14.9 Å². The molecule has 0 saturated carbocycles. The molecule has 0 aliphatic carbocycles. The molecule has 0 spiro atoms. The molecule has 25 heavy (non-hydrogen) atoms. The number of carbonyl (C=O) groups is 1. The van der Waals surface area contributed by atoms with Crippen LogP contribution >= 0.6 is 11.3 Å². The van der Waals surface area contributed by atoms with Gasteiger partial charge >= 0.3 is 0 Å². The Kier molecular flexibility index (Phi) is 5.16. The van der Waals surface area contributed by atoms with Gasteiger partial charge in [0.25, 0.3) is 5.69 Å². The Morgan fingerprint density at radius 3 is 2.48 bits per heavy atom. The summed E-state index contributed by atoms with van der Waals surface area (Å²) < 4.78 is 0. The van der Waals surface area contributed by atoms with Gasteiger partial charge in [-0.3, -0.25) is 14.9 Å². The van der Waals surface area contributed by atoms with Gasteiger partial charge in [0.05, 0.1) is 10.5 Å². The number of allylic oxidation sites excluding steroid dienone is 1. The van der Waals surface area contributed by atoms with E-state index in [-0.39, 0.29) is 17.0 Å². The van der Waals surface area contributed by atoms with E-state index in [1.165, 1.54) is 28.6 Å². The Balaban J connectivity index is 1.73. The van der Waals surface area contributed by atoms with Gasteiger partial charge in [0.1, 0.15) is 0 Å². The van der Waals surface area contributed by atoms with Crippen molar-refractivity contribution in [2.75, 3.05) is 0 Å². The molecule has 0 unspecified atom stereocenters. The van der Waals surface area contributed by atoms with Crippen LogP contribution in [0.2, 0.25) is 0 Å². The molecule has 0 radical (unpaired) electrons. The summed E-state index contributed by atoms with van der Waals surface area (Å²) in [7, 11) is 0. The van der Waals surface area contributed by atoms with Crippen LogP contribution in [0.25, 0.3) is 6.08 Å². The number of nitrogens with zero attached hydrogens (tertiary/aromatic N) is 1. The summed E-state index contributed by atoms with van der Waals surface area (Å²) in [5.41, 5.74) is 1.16. The van der Waals surface area contributed by atoms with E-state index in [2.05, 4.69) is 12.1 Å². The number of nitro groups is 1. The SMILES string of the molecule is O=C(/C=C/c1ccc(Cc2ccccc2)s1)c1ccccc1[N+](=O)[O-]. The smallest absolute Gasteiger partial charge is 0.280 e. The molecule has 3 rings (SSSR count). The van der Waals surface area contributed by atoms with Crippen LogP contribution in [-0.2, 0) is 6.42 Å². The highest BCUT2D eigenvalue weighted by atomic mass is 32.1. The van der Waals surface area contributed by atoms with E-state index in [1.54, 1.807) is 29.5 Å². The Morgan fingerprint density at radius 1 is 1.00 bits per heavy atom. The van der Waals surface area contributed by atoms with Gasteiger partial charge in [-0.25, -0.2) is 0 Å². The molecule has 1 heterocycles. The molecule has 4 nitrogen and oxygen atoms in total. The van der Waals surface area contributed by atoms with Crippen molar-refractivity contribution in [1.29, 1.82) is 0 Å². The molecule has 0 aliphatic rings. The maximum atomic E-state index is 12.3. The van der Waals surface area contributed by atoms with Gasteiger partial charge < -0.3 is 0 Å². The fourth-order valence-corrected chi connectivity index (χ4v) is 3.41. The highest BCUT2D eigenvalue weighted by Crippen LogP contribution is 2.23. The average molecular weight is 349 g/mol. The molecule has 0 saturated heterocycles. The Bertz CT molecular complexity index is 929. The molecule has 0 bridgehead atoms. The van der Waals surface area contributed by atoms with Gasteiger partial charge in [0.15, 0.2) is 5.78 Å². The van der Waals surface area contributed by atoms with Crippen LogP contribution in [0.3, 0.4) is 0 Å². The van der Waals surface area contributed by atoms with Crippen LogP contribution in [0.4, 0.5) is 5.69 Å². The van der Waals surface area contributed by atoms with E-state index in [0.717, 1.165) is 11.3 Å². The highest BCUT2D eigenvalue weighted by Gasteiger charge is 2.16. The third-order valence-corrected chi connectivity index (χ3v) is 4.72. The quantitative estimate of drug-likeness (QED) is 0.268. The van der Waals surface area contributed by atoms with Gasteiger partial charge in [0.2, 0.25) is 0 Å². The van der Waals surface area contributed by atoms with Crippen molar-refractivity contribution in [3.05, 3.63) is 104 Å². The van der Waals surface area contributed by atoms with Crippen LogP contribution in [0, 0.1) is 10.1 Å². The van der Waals surface area contributed by atoms with Gasteiger partial charge in [0, 0.05) is 22.2 Å². The van der Waals surface area contributed by atoms with Crippen molar-refractivity contribution >= 4 is 28.9 Å². The number of hydrogen-bond donors (Lipinski definition) is 0. The molecule has 0 atom stereocenters. The fourth-order valence-electron chi connectivity index (χ4n) is 2.46. The second-order valence-electron chi connectivity index (χ2n) is 5.44. The lowest BCUT2D eigenvalue weighted by Gasteiger charge is -1.98. The van der Waals surface area contributed by atoms with Crippen molar-refractivity contribution < 1.29 is 9.72 Å². The molecule has 124 valence electrons. The summed E-state index contributed by atoms with van der Waals surface area (Å²) in [4.78, 5) is 24.9. The van der Waals surface area contributed by atoms with Crippen molar-refractivity contribution in [3.8, 4) is 0 Å². The number of benzene rings is 2. The summed E-state index contributed by atoms with van der Waals surface area (Å²) >= 11 is 1.60. The molecule has 1 aromatic heterocycles. The van der Waals surface area contributed by atoms with Crippen LogP contribution in [0.1, 0.15) is 25.7 Å². The zero-order valence-corrected chi connectivity index (χ0v) is 14.1. The topological polar surface area (TPSA) is 60.2 Å². The maximum Gasteiger partial charge on any atom is 0.280 e. The molecule has 0 N–H and O–H groups in total. The minimum atomic E-state index is -0.538. The molecule has 0 amide bonds. The predicted molar refractivity (Wildman–Crippen MR) is 100 cm³/mol. The average Bonchev–Trinajstić information content (AvgIpc) is 3.08. The predicted octanol–water partition coefficient (Wildman–Crippen LogP) is 5.14. The van der Waals surface area contributed by atoms with Crippen molar-refractivity contribution in [3.63, 3.8) is 0 Å². The minimum absolute atomic E-state index is 0.102. The first kappa shape index (κ1) is 16.8. The molecular formula is C20H15NO3S. The van der Waals surface area contributed by atoms with Crippen LogP contribution in [-0.4, -0.2) is 10.7 Å². The number of nitro benzene ring substituents is 1. The van der Waals surface area contributed by atoms with E-state index in [1.807, 2.05) is 30.3 Å². The summed E-state index contributed by atoms with van der Waals surface area (Å²) in [5, 5.41) is 11.0. The fraction of sp³-hybridized carbons (Fsp3) is 0.0500. The van der Waals surface area contributed by atoms with Gasteiger partial charge in [-0.2, -0.15) is 0 Å². The maximum absolute atomic E-state index is 12.3. The number of thiophene rings is 1. The Labute approximate surface area is 149 Å². The normalized spacial score (nSPS) is 10.9. The van der Waals surface area contributed by atoms with E-state index in [0.29, 0.717) is 0 Å². The van der Waals surface area contributed by atoms with Crippen molar-refractivity contribution in [2.24, 2.45) is 0 Å². The third-order valence-electron chi connectivity index (χ3n) is 3.67. The Morgan fingerprint density at radius 2 is 1.72 bits per heavy atom. The molecule has 0 aliphatic heterocycles. The summed E-state index contributed by atoms with van der Waals surface area (Å²) in [6.07, 6.45) is 3.94. The van der Waals surface area contributed by atoms with Gasteiger partial charge in [-0.1, -0.05) is 42.5 Å². The lowest BCUT2D eigenvalue weighted by molar-refractivity contribution is -0.385. The van der Waals surface area contributed by atoms with Crippen LogP contribution in [0.15, 0.2) is 72.8 Å². The second-order valence-corrected chi connectivity index (χ2v) is 6.64. The number of carbonyl (C=O) groups excluding carboxylic acids is 1.